The molecule has 1 N–H and O–H groups in total. The van der Waals surface area contributed by atoms with Crippen molar-refractivity contribution in [3.8, 4) is 0 Å². The molecule has 0 radical (unpaired) electrons. The highest BCUT2D eigenvalue weighted by Crippen LogP contribution is 2.30. The van der Waals surface area contributed by atoms with Crippen LogP contribution in [0.3, 0.4) is 0 Å². The second kappa shape index (κ2) is 3.77. The van der Waals surface area contributed by atoms with Gasteiger partial charge in [0, 0.05) is 30.0 Å². The molecule has 1 aromatic carbocycles. The van der Waals surface area contributed by atoms with Gasteiger partial charge in [-0.05, 0) is 29.0 Å². The topological polar surface area (TPSA) is 71.0 Å². The van der Waals surface area contributed by atoms with E-state index in [1.54, 1.807) is 11.9 Å². The average Bonchev–Trinajstić information content (AvgIpc) is 2.89. The Morgan fingerprint density at radius 3 is 3.12 bits per heavy atom. The average molecular weight is 247 g/mol. The number of carbonyl (C=O) groups excluding carboxylic acids is 1. The van der Waals surface area contributed by atoms with Gasteiger partial charge in [0.05, 0.1) is 6.42 Å². The maximum atomic E-state index is 11.5. The van der Waals surface area contributed by atoms with Crippen molar-refractivity contribution in [2.24, 2.45) is 0 Å². The highest BCUT2D eigenvalue weighted by atomic mass is 32.1. The van der Waals surface area contributed by atoms with Crippen LogP contribution < -0.4 is 10.2 Å². The number of anilines is 3. The van der Waals surface area contributed by atoms with Crippen molar-refractivity contribution >= 4 is 33.9 Å². The summed E-state index contributed by atoms with van der Waals surface area (Å²) in [6.45, 7) is 0. The molecule has 7 heteroatoms. The first-order valence-electron chi connectivity index (χ1n) is 5.05. The van der Waals surface area contributed by atoms with Crippen molar-refractivity contribution in [1.82, 2.24) is 14.8 Å². The summed E-state index contributed by atoms with van der Waals surface area (Å²) in [5, 5.41) is 11.0. The molecule has 2 aromatic rings. The molecular weight excluding hydrogens is 238 g/mol. The molecule has 1 aliphatic rings. The number of hydrogen-bond acceptors (Lipinski definition) is 6. The van der Waals surface area contributed by atoms with Gasteiger partial charge in [-0.2, -0.15) is 0 Å². The Balaban J connectivity index is 1.90. The molecule has 1 aliphatic heterocycles. The summed E-state index contributed by atoms with van der Waals surface area (Å²) in [5.74, 6) is 0.120. The minimum Gasteiger partial charge on any atom is -0.329 e. The van der Waals surface area contributed by atoms with Crippen LogP contribution in [0.25, 0.3) is 0 Å². The van der Waals surface area contributed by atoms with E-state index in [1.807, 2.05) is 18.2 Å². The maximum Gasteiger partial charge on any atom is 0.231 e. The van der Waals surface area contributed by atoms with E-state index in [1.165, 1.54) is 11.5 Å². The minimum absolute atomic E-state index is 0.120. The molecular formula is C10H9N5OS. The van der Waals surface area contributed by atoms with E-state index in [9.17, 15) is 4.79 Å². The number of carbonyl (C=O) groups is 1. The number of fused-ring (bicyclic) bond motifs is 1. The lowest BCUT2D eigenvalue weighted by atomic mass is 10.1. The fraction of sp³-hybridized carbons (Fsp3) is 0.200. The van der Waals surface area contributed by atoms with E-state index in [0.29, 0.717) is 11.6 Å². The number of hydrogen-bond donors (Lipinski definition) is 1. The van der Waals surface area contributed by atoms with Gasteiger partial charge >= 0.3 is 0 Å². The molecule has 2 heterocycles. The Bertz CT molecular complexity index is 568. The molecule has 86 valence electrons. The zero-order chi connectivity index (χ0) is 11.8. The van der Waals surface area contributed by atoms with E-state index in [0.717, 1.165) is 16.9 Å². The molecule has 1 aromatic heterocycles. The summed E-state index contributed by atoms with van der Waals surface area (Å²) in [4.78, 5) is 13.2. The van der Waals surface area contributed by atoms with E-state index in [-0.39, 0.29) is 5.91 Å². The third-order valence-electron chi connectivity index (χ3n) is 2.71. The van der Waals surface area contributed by atoms with Crippen LogP contribution in [-0.4, -0.2) is 27.8 Å². The fourth-order valence-corrected chi connectivity index (χ4v) is 2.24. The van der Waals surface area contributed by atoms with Gasteiger partial charge in [0.15, 0.2) is 0 Å². The molecule has 0 fully saturated rings. The monoisotopic (exact) mass is 247 g/mol. The molecule has 0 saturated heterocycles. The molecule has 0 atom stereocenters. The summed E-state index contributed by atoms with van der Waals surface area (Å²) < 4.78 is 3.67. The van der Waals surface area contributed by atoms with Gasteiger partial charge in [-0.3, -0.25) is 4.79 Å². The first kappa shape index (κ1) is 10.2. The van der Waals surface area contributed by atoms with Crippen LogP contribution in [0.4, 0.5) is 16.5 Å². The number of benzene rings is 1. The first-order chi connectivity index (χ1) is 8.24. The normalized spacial score (nSPS) is 13.9. The number of rotatable bonds is 2. The van der Waals surface area contributed by atoms with Crippen LogP contribution in [0.15, 0.2) is 18.2 Å². The van der Waals surface area contributed by atoms with Crippen LogP contribution in [-0.2, 0) is 11.2 Å². The molecule has 6 nitrogen and oxygen atoms in total. The van der Waals surface area contributed by atoms with Crippen LogP contribution >= 0.6 is 11.5 Å². The van der Waals surface area contributed by atoms with Crippen molar-refractivity contribution in [2.45, 2.75) is 6.42 Å². The SMILES string of the molecule is CN1C(=O)Cc2cc(Nc3nnns3)ccc21. The van der Waals surface area contributed by atoms with Gasteiger partial charge < -0.3 is 10.2 Å². The Labute approximate surface area is 101 Å². The quantitative estimate of drug-likeness (QED) is 0.863. The smallest absolute Gasteiger partial charge is 0.231 e. The third kappa shape index (κ3) is 1.74. The van der Waals surface area contributed by atoms with Crippen LogP contribution in [0.1, 0.15) is 5.56 Å². The number of amides is 1. The van der Waals surface area contributed by atoms with E-state index in [4.69, 9.17) is 0 Å². The fourth-order valence-electron chi connectivity index (χ4n) is 1.85. The summed E-state index contributed by atoms with van der Waals surface area (Å²) in [6, 6.07) is 5.80. The molecule has 0 bridgehead atoms. The van der Waals surface area contributed by atoms with Crippen molar-refractivity contribution < 1.29 is 4.79 Å². The summed E-state index contributed by atoms with van der Waals surface area (Å²) in [5.41, 5.74) is 2.89. The van der Waals surface area contributed by atoms with Crippen LogP contribution in [0.5, 0.6) is 0 Å². The van der Waals surface area contributed by atoms with Crippen molar-refractivity contribution in [3.63, 3.8) is 0 Å². The Morgan fingerprint density at radius 2 is 2.35 bits per heavy atom. The largest absolute Gasteiger partial charge is 0.329 e. The predicted octanol–water partition coefficient (Wildman–Crippen LogP) is 1.20. The molecule has 1 amide bonds. The van der Waals surface area contributed by atoms with Gasteiger partial charge in [-0.1, -0.05) is 9.59 Å². The standard InChI is InChI=1S/C10H9N5OS/c1-15-8-3-2-7(4-6(8)5-9(15)16)11-10-12-13-14-17-10/h2-4H,5H2,1H3,(H,11,12,14). The van der Waals surface area contributed by atoms with Crippen LogP contribution in [0, 0.1) is 0 Å². The highest BCUT2D eigenvalue weighted by molar-refractivity contribution is 7.09. The lowest BCUT2D eigenvalue weighted by molar-refractivity contribution is -0.117. The van der Waals surface area contributed by atoms with Gasteiger partial charge in [0.2, 0.25) is 11.0 Å². The number of likely N-dealkylation sites (N-methyl/N-ethyl adjacent to an activating group) is 1. The predicted molar refractivity (Wildman–Crippen MR) is 64.5 cm³/mol. The maximum absolute atomic E-state index is 11.5. The second-order valence-electron chi connectivity index (χ2n) is 3.77. The highest BCUT2D eigenvalue weighted by Gasteiger charge is 2.23. The van der Waals surface area contributed by atoms with E-state index < -0.39 is 0 Å². The van der Waals surface area contributed by atoms with Gasteiger partial charge in [0.25, 0.3) is 0 Å². The Hall–Kier alpha value is -2.02. The van der Waals surface area contributed by atoms with Gasteiger partial charge in [-0.15, -0.1) is 0 Å². The molecule has 0 unspecified atom stereocenters. The summed E-state index contributed by atoms with van der Waals surface area (Å²) >= 11 is 1.19. The van der Waals surface area contributed by atoms with Gasteiger partial charge in [0.1, 0.15) is 0 Å². The van der Waals surface area contributed by atoms with Gasteiger partial charge in [-0.25, -0.2) is 0 Å². The second-order valence-corrected chi connectivity index (χ2v) is 4.50. The Morgan fingerprint density at radius 1 is 1.47 bits per heavy atom. The number of aromatic nitrogens is 3. The van der Waals surface area contributed by atoms with E-state index in [2.05, 4.69) is 20.1 Å². The van der Waals surface area contributed by atoms with Crippen LogP contribution in [0.2, 0.25) is 0 Å². The van der Waals surface area contributed by atoms with Crippen molar-refractivity contribution in [2.75, 3.05) is 17.3 Å². The zero-order valence-electron chi connectivity index (χ0n) is 9.04. The summed E-state index contributed by atoms with van der Waals surface area (Å²) in [6.07, 6.45) is 0.454. The van der Waals surface area contributed by atoms with Crippen molar-refractivity contribution in [1.29, 1.82) is 0 Å². The minimum atomic E-state index is 0.120. The number of nitrogens with one attached hydrogen (secondary N) is 1. The molecule has 3 rings (SSSR count). The lowest BCUT2D eigenvalue weighted by Crippen LogP contribution is -2.20. The molecule has 17 heavy (non-hydrogen) atoms. The first-order valence-corrected chi connectivity index (χ1v) is 5.83. The summed E-state index contributed by atoms with van der Waals surface area (Å²) in [7, 11) is 1.79. The third-order valence-corrected chi connectivity index (χ3v) is 3.22. The van der Waals surface area contributed by atoms with Crippen molar-refractivity contribution in [3.05, 3.63) is 23.8 Å². The Kier molecular flexibility index (Phi) is 2.25. The molecule has 0 saturated carbocycles. The zero-order valence-corrected chi connectivity index (χ0v) is 9.86. The molecule has 0 aliphatic carbocycles. The number of nitrogens with zero attached hydrogens (tertiary/aromatic N) is 4. The molecule has 0 spiro atoms. The van der Waals surface area contributed by atoms with E-state index >= 15 is 0 Å². The lowest BCUT2D eigenvalue weighted by Gasteiger charge is -2.10.